The Morgan fingerprint density at radius 1 is 0.349 bits per heavy atom. The topological polar surface area (TPSA) is 54.5 Å². The molecule has 4 heteroatoms. The fraction of sp³-hybridized carbons (Fsp3) is 0. The Kier molecular flexibility index (Phi) is 9.54. The third-order valence-electron chi connectivity index (χ3n) is 11.9. The van der Waals surface area contributed by atoms with Crippen molar-refractivity contribution in [2.45, 2.75) is 0 Å². The molecule has 0 radical (unpaired) electrons. The number of nitrogens with zero attached hydrogens (tertiary/aromatic N) is 4. The van der Waals surface area contributed by atoms with Gasteiger partial charge < -0.3 is 4.57 Å². The summed E-state index contributed by atoms with van der Waals surface area (Å²) < 4.78 is 2.40. The lowest BCUT2D eigenvalue weighted by atomic mass is 9.89. The van der Waals surface area contributed by atoms with Crippen LogP contribution in [0.25, 0.3) is 106 Å². The molecule has 0 bridgehead atoms. The van der Waals surface area contributed by atoms with Gasteiger partial charge in [-0.2, -0.15) is 5.26 Å². The molecule has 2 aromatic heterocycles. The smallest absolute Gasteiger partial charge is 0.161 e. The quantitative estimate of drug-likeness (QED) is 0.154. The highest BCUT2D eigenvalue weighted by molar-refractivity contribution is 6.12. The van der Waals surface area contributed by atoms with Gasteiger partial charge in [-0.25, -0.2) is 9.97 Å². The van der Waals surface area contributed by atoms with E-state index in [-0.39, 0.29) is 0 Å². The standard InChI is InChI=1S/C59H38N4/c60-39-53-57(44-27-15-5-16-28-44)61-59(62-58(53)45-29-17-6-18-30-45)56-49(42-23-11-3-12-24-42)37-48(38-50(56)43-25-13-4-14-26-43)63-54-33-31-46(40-19-7-1-8-20-40)35-51(54)52-36-47(32-34-55(52)63)41-21-9-2-10-22-41/h1-38H. The van der Waals surface area contributed by atoms with Crippen molar-refractivity contribution in [2.24, 2.45) is 0 Å². The molecule has 0 unspecified atom stereocenters. The molecular weight excluding hydrogens is 765 g/mol. The minimum Gasteiger partial charge on any atom is -0.309 e. The van der Waals surface area contributed by atoms with Crippen LogP contribution in [-0.2, 0) is 0 Å². The van der Waals surface area contributed by atoms with Crippen LogP contribution >= 0.6 is 0 Å². The summed E-state index contributed by atoms with van der Waals surface area (Å²) >= 11 is 0. The highest BCUT2D eigenvalue weighted by atomic mass is 15.0. The van der Waals surface area contributed by atoms with Crippen LogP contribution in [0.4, 0.5) is 0 Å². The van der Waals surface area contributed by atoms with Crippen molar-refractivity contribution in [2.75, 3.05) is 0 Å². The summed E-state index contributed by atoms with van der Waals surface area (Å²) in [5.74, 6) is 0.540. The van der Waals surface area contributed by atoms with Gasteiger partial charge >= 0.3 is 0 Å². The van der Waals surface area contributed by atoms with Crippen LogP contribution in [0, 0.1) is 11.3 Å². The van der Waals surface area contributed by atoms with Gasteiger partial charge in [0.05, 0.1) is 22.4 Å². The van der Waals surface area contributed by atoms with Crippen LogP contribution in [0.2, 0.25) is 0 Å². The first kappa shape index (κ1) is 37.4. The number of rotatable bonds is 8. The molecule has 0 saturated carbocycles. The average Bonchev–Trinajstić information content (AvgIpc) is 3.70. The van der Waals surface area contributed by atoms with E-state index in [9.17, 15) is 5.26 Å². The SMILES string of the molecule is N#Cc1c(-c2ccccc2)nc(-c2c(-c3ccccc3)cc(-n3c4ccc(-c5ccccc5)cc4c4cc(-c5ccccc5)ccc43)cc2-c2ccccc2)nc1-c1ccccc1. The molecular formula is C59H38N4. The molecule has 0 aliphatic heterocycles. The van der Waals surface area contributed by atoms with E-state index in [0.29, 0.717) is 22.8 Å². The Labute approximate surface area is 366 Å². The van der Waals surface area contributed by atoms with Gasteiger partial charge in [0.25, 0.3) is 0 Å². The largest absolute Gasteiger partial charge is 0.309 e. The lowest BCUT2D eigenvalue weighted by molar-refractivity contribution is 1.16. The maximum absolute atomic E-state index is 10.8. The maximum atomic E-state index is 10.8. The average molecular weight is 803 g/mol. The second kappa shape index (κ2) is 16.1. The number of hydrogen-bond acceptors (Lipinski definition) is 3. The summed E-state index contributed by atoms with van der Waals surface area (Å²) in [5, 5.41) is 13.1. The van der Waals surface area contributed by atoms with Gasteiger partial charge in [0.2, 0.25) is 0 Å². The Hall–Kier alpha value is -8.65. The van der Waals surface area contributed by atoms with E-state index < -0.39 is 0 Å². The second-order valence-corrected chi connectivity index (χ2v) is 15.6. The Morgan fingerprint density at radius 3 is 1.06 bits per heavy atom. The predicted octanol–water partition coefficient (Wildman–Crippen LogP) is 15.1. The van der Waals surface area contributed by atoms with E-state index in [2.05, 4.69) is 168 Å². The van der Waals surface area contributed by atoms with Crippen molar-refractivity contribution in [1.82, 2.24) is 14.5 Å². The second-order valence-electron chi connectivity index (χ2n) is 15.6. The molecule has 0 aliphatic carbocycles. The van der Waals surface area contributed by atoms with Crippen molar-refractivity contribution in [3.8, 4) is 90.2 Å². The van der Waals surface area contributed by atoms with Gasteiger partial charge in [-0.15, -0.1) is 0 Å². The maximum Gasteiger partial charge on any atom is 0.161 e. The highest BCUT2D eigenvalue weighted by Gasteiger charge is 2.25. The van der Waals surface area contributed by atoms with Crippen molar-refractivity contribution in [3.05, 3.63) is 236 Å². The first-order valence-electron chi connectivity index (χ1n) is 21.1. The predicted molar refractivity (Wildman–Crippen MR) is 259 cm³/mol. The minimum atomic E-state index is 0.435. The van der Waals surface area contributed by atoms with Crippen molar-refractivity contribution in [3.63, 3.8) is 0 Å². The van der Waals surface area contributed by atoms with E-state index in [1.54, 1.807) is 0 Å². The molecule has 11 aromatic rings. The summed E-state index contributed by atoms with van der Waals surface area (Å²) in [6.45, 7) is 0. The molecule has 2 heterocycles. The summed E-state index contributed by atoms with van der Waals surface area (Å²) in [7, 11) is 0. The molecule has 11 rings (SSSR count). The first-order chi connectivity index (χ1) is 31.2. The first-order valence-corrected chi connectivity index (χ1v) is 21.1. The number of fused-ring (bicyclic) bond motifs is 3. The lowest BCUT2D eigenvalue weighted by Gasteiger charge is -2.20. The highest BCUT2D eigenvalue weighted by Crippen LogP contribution is 2.45. The summed E-state index contributed by atoms with van der Waals surface area (Å²) in [6, 6.07) is 82.9. The monoisotopic (exact) mass is 802 g/mol. The van der Waals surface area contributed by atoms with E-state index in [1.165, 1.54) is 33.0 Å². The molecule has 4 nitrogen and oxygen atoms in total. The fourth-order valence-electron chi connectivity index (χ4n) is 8.90. The Morgan fingerprint density at radius 2 is 0.698 bits per heavy atom. The van der Waals surface area contributed by atoms with Crippen LogP contribution in [0.3, 0.4) is 0 Å². The zero-order valence-electron chi connectivity index (χ0n) is 34.2. The van der Waals surface area contributed by atoms with Crippen LogP contribution < -0.4 is 0 Å². The molecule has 294 valence electrons. The fourth-order valence-corrected chi connectivity index (χ4v) is 8.90. The van der Waals surface area contributed by atoms with Gasteiger partial charge in [-0.3, -0.25) is 0 Å². The Balaban J connectivity index is 1.25. The zero-order valence-corrected chi connectivity index (χ0v) is 34.2. The molecule has 0 saturated heterocycles. The molecule has 63 heavy (non-hydrogen) atoms. The van der Waals surface area contributed by atoms with Crippen LogP contribution in [0.1, 0.15) is 5.56 Å². The normalized spacial score (nSPS) is 11.2. The molecule has 9 aromatic carbocycles. The van der Waals surface area contributed by atoms with Gasteiger partial charge in [-0.05, 0) is 80.9 Å². The number of hydrogen-bond donors (Lipinski definition) is 0. The summed E-state index contributed by atoms with van der Waals surface area (Å²) in [5.41, 5.74) is 16.1. The van der Waals surface area contributed by atoms with Gasteiger partial charge in [0.1, 0.15) is 11.6 Å². The molecule has 0 aliphatic rings. The zero-order chi connectivity index (χ0) is 42.1. The van der Waals surface area contributed by atoms with Crippen LogP contribution in [0.5, 0.6) is 0 Å². The minimum absolute atomic E-state index is 0.435. The lowest BCUT2D eigenvalue weighted by Crippen LogP contribution is -2.04. The third kappa shape index (κ3) is 6.85. The van der Waals surface area contributed by atoms with E-state index >= 15 is 0 Å². The van der Waals surface area contributed by atoms with E-state index in [4.69, 9.17) is 9.97 Å². The Bertz CT molecular complexity index is 3250. The van der Waals surface area contributed by atoms with Gasteiger partial charge in [0.15, 0.2) is 5.82 Å². The summed E-state index contributed by atoms with van der Waals surface area (Å²) in [4.78, 5) is 10.7. The van der Waals surface area contributed by atoms with Gasteiger partial charge in [0, 0.05) is 33.2 Å². The molecule has 0 atom stereocenters. The number of benzene rings is 9. The molecule has 0 spiro atoms. The van der Waals surface area contributed by atoms with Crippen LogP contribution in [0.15, 0.2) is 231 Å². The van der Waals surface area contributed by atoms with E-state index in [1.807, 2.05) is 72.8 Å². The van der Waals surface area contributed by atoms with E-state index in [0.717, 1.165) is 55.7 Å². The van der Waals surface area contributed by atoms with Crippen molar-refractivity contribution < 1.29 is 0 Å². The van der Waals surface area contributed by atoms with Crippen LogP contribution in [-0.4, -0.2) is 14.5 Å². The third-order valence-corrected chi connectivity index (χ3v) is 11.9. The molecule has 0 amide bonds. The van der Waals surface area contributed by atoms with Crippen molar-refractivity contribution in [1.29, 1.82) is 5.26 Å². The number of aromatic nitrogens is 3. The number of nitriles is 1. The van der Waals surface area contributed by atoms with Gasteiger partial charge in [-0.1, -0.05) is 194 Å². The molecule has 0 fully saturated rings. The molecule has 0 N–H and O–H groups in total. The summed E-state index contributed by atoms with van der Waals surface area (Å²) in [6.07, 6.45) is 0. The van der Waals surface area contributed by atoms with Crippen molar-refractivity contribution >= 4 is 21.8 Å².